The number of hydrogen-bond donors (Lipinski definition) is 1. The van der Waals surface area contributed by atoms with Gasteiger partial charge in [0.2, 0.25) is 5.91 Å². The van der Waals surface area contributed by atoms with Crippen LogP contribution in [0, 0.1) is 0 Å². The van der Waals surface area contributed by atoms with Crippen LogP contribution in [0.25, 0.3) is 0 Å². The Hall–Kier alpha value is -2.04. The Labute approximate surface area is 112 Å². The third kappa shape index (κ3) is 6.45. The van der Waals surface area contributed by atoms with Gasteiger partial charge in [-0.25, -0.2) is 0 Å². The molecule has 1 unspecified atom stereocenters. The Bertz CT molecular complexity index is 405. The summed E-state index contributed by atoms with van der Waals surface area (Å²) >= 11 is 0. The average molecular weight is 265 g/mol. The van der Waals surface area contributed by atoms with Gasteiger partial charge in [0.15, 0.2) is 0 Å². The quantitative estimate of drug-likeness (QED) is 0.759. The van der Waals surface area contributed by atoms with Crippen molar-refractivity contribution in [3.8, 4) is 5.75 Å². The molecule has 0 aliphatic carbocycles. The first kappa shape index (κ1) is 15.0. The number of nitrogens with one attached hydrogen (secondary N) is 1. The molecule has 0 aliphatic heterocycles. The van der Waals surface area contributed by atoms with Crippen LogP contribution in [0.15, 0.2) is 30.3 Å². The van der Waals surface area contributed by atoms with Gasteiger partial charge in [-0.1, -0.05) is 18.2 Å². The number of esters is 1. The summed E-state index contributed by atoms with van der Waals surface area (Å²) < 4.78 is 9.93. The Morgan fingerprint density at radius 1 is 1.26 bits per heavy atom. The predicted octanol–water partition coefficient (Wildman–Crippen LogP) is 1.52. The second-order valence-electron chi connectivity index (χ2n) is 4.16. The van der Waals surface area contributed by atoms with E-state index in [1.54, 1.807) is 6.92 Å². The highest BCUT2D eigenvalue weighted by Gasteiger charge is 2.11. The van der Waals surface area contributed by atoms with E-state index < -0.39 is 0 Å². The highest BCUT2D eigenvalue weighted by Crippen LogP contribution is 2.08. The van der Waals surface area contributed by atoms with Crippen molar-refractivity contribution in [1.82, 2.24) is 5.32 Å². The van der Waals surface area contributed by atoms with Crippen molar-refractivity contribution in [3.05, 3.63) is 30.3 Å². The first-order valence-corrected chi connectivity index (χ1v) is 6.16. The lowest BCUT2D eigenvalue weighted by molar-refractivity contribution is -0.141. The van der Waals surface area contributed by atoms with Crippen molar-refractivity contribution in [3.63, 3.8) is 0 Å². The molecule has 1 aromatic rings. The van der Waals surface area contributed by atoms with E-state index in [0.717, 1.165) is 5.75 Å². The number of carbonyl (C=O) groups is 2. The second-order valence-corrected chi connectivity index (χ2v) is 4.16. The van der Waals surface area contributed by atoms with Crippen molar-refractivity contribution < 1.29 is 19.1 Å². The molecule has 0 saturated heterocycles. The van der Waals surface area contributed by atoms with Gasteiger partial charge in [0, 0.05) is 6.04 Å². The molecule has 0 radical (unpaired) electrons. The molecule has 0 aliphatic rings. The van der Waals surface area contributed by atoms with E-state index in [4.69, 9.17) is 4.74 Å². The van der Waals surface area contributed by atoms with Crippen LogP contribution in [0.2, 0.25) is 0 Å². The Kier molecular flexibility index (Phi) is 6.43. The molecule has 1 atom stereocenters. The number of para-hydroxylation sites is 1. The molecule has 0 saturated carbocycles. The lowest BCUT2D eigenvalue weighted by atomic mass is 10.2. The number of rotatable bonds is 7. The molecule has 0 fully saturated rings. The van der Waals surface area contributed by atoms with Crippen LogP contribution < -0.4 is 10.1 Å². The van der Waals surface area contributed by atoms with Crippen LogP contribution in [0.5, 0.6) is 5.75 Å². The molecule has 1 N–H and O–H groups in total. The fraction of sp³-hybridized carbons (Fsp3) is 0.429. The van der Waals surface area contributed by atoms with Crippen molar-refractivity contribution in [2.45, 2.75) is 25.8 Å². The lowest BCUT2D eigenvalue weighted by Crippen LogP contribution is -2.35. The molecule has 1 aromatic carbocycles. The van der Waals surface area contributed by atoms with Gasteiger partial charge in [0.05, 0.1) is 26.6 Å². The van der Waals surface area contributed by atoms with Crippen LogP contribution in [0.3, 0.4) is 0 Å². The summed E-state index contributed by atoms with van der Waals surface area (Å²) in [6, 6.07) is 9.06. The monoisotopic (exact) mass is 265 g/mol. The van der Waals surface area contributed by atoms with E-state index in [0.29, 0.717) is 6.61 Å². The summed E-state index contributed by atoms with van der Waals surface area (Å²) in [6.07, 6.45) is 0.419. The summed E-state index contributed by atoms with van der Waals surface area (Å²) in [4.78, 5) is 22.6. The standard InChI is InChI=1S/C14H19NO4/c1-11(10-14(17)18-2)15-13(16)8-9-19-12-6-4-3-5-7-12/h3-7,11H,8-10H2,1-2H3,(H,15,16). The minimum absolute atomic E-state index is 0.146. The summed E-state index contributed by atoms with van der Waals surface area (Å²) in [7, 11) is 1.32. The van der Waals surface area contributed by atoms with Crippen molar-refractivity contribution in [2.75, 3.05) is 13.7 Å². The first-order chi connectivity index (χ1) is 9.11. The highest BCUT2D eigenvalue weighted by molar-refractivity contribution is 5.77. The molecular weight excluding hydrogens is 246 g/mol. The molecule has 0 aromatic heterocycles. The van der Waals surface area contributed by atoms with E-state index in [9.17, 15) is 9.59 Å². The molecule has 1 amide bonds. The van der Waals surface area contributed by atoms with Crippen LogP contribution >= 0.6 is 0 Å². The zero-order valence-corrected chi connectivity index (χ0v) is 11.2. The Morgan fingerprint density at radius 2 is 1.95 bits per heavy atom. The molecule has 0 heterocycles. The first-order valence-electron chi connectivity index (χ1n) is 6.16. The Morgan fingerprint density at radius 3 is 2.58 bits per heavy atom. The summed E-state index contributed by atoms with van der Waals surface area (Å²) in [5, 5.41) is 2.71. The zero-order valence-electron chi connectivity index (χ0n) is 11.2. The summed E-state index contributed by atoms with van der Waals surface area (Å²) in [6.45, 7) is 2.06. The topological polar surface area (TPSA) is 64.6 Å². The summed E-state index contributed by atoms with van der Waals surface area (Å²) in [5.74, 6) is 0.249. The zero-order chi connectivity index (χ0) is 14.1. The number of carbonyl (C=O) groups excluding carboxylic acids is 2. The van der Waals surface area contributed by atoms with Gasteiger partial charge in [-0.05, 0) is 19.1 Å². The number of ether oxygens (including phenoxy) is 2. The number of benzene rings is 1. The maximum absolute atomic E-state index is 11.6. The molecule has 104 valence electrons. The van der Waals surface area contributed by atoms with E-state index in [1.807, 2.05) is 30.3 Å². The number of methoxy groups -OCH3 is 1. The molecule has 0 bridgehead atoms. The van der Waals surface area contributed by atoms with Crippen molar-refractivity contribution in [2.24, 2.45) is 0 Å². The predicted molar refractivity (Wildman–Crippen MR) is 70.8 cm³/mol. The molecule has 5 nitrogen and oxygen atoms in total. The molecule has 19 heavy (non-hydrogen) atoms. The van der Waals surface area contributed by atoms with Crippen LogP contribution in [-0.2, 0) is 14.3 Å². The van der Waals surface area contributed by atoms with Gasteiger partial charge >= 0.3 is 5.97 Å². The van der Waals surface area contributed by atoms with Gasteiger partial charge in [-0.15, -0.1) is 0 Å². The van der Waals surface area contributed by atoms with Gasteiger partial charge in [-0.2, -0.15) is 0 Å². The van der Waals surface area contributed by atoms with Gasteiger partial charge in [-0.3, -0.25) is 9.59 Å². The number of amides is 1. The van der Waals surface area contributed by atoms with Gasteiger partial charge < -0.3 is 14.8 Å². The van der Waals surface area contributed by atoms with Crippen molar-refractivity contribution >= 4 is 11.9 Å². The van der Waals surface area contributed by atoms with Crippen molar-refractivity contribution in [1.29, 1.82) is 0 Å². The Balaban J connectivity index is 2.19. The number of hydrogen-bond acceptors (Lipinski definition) is 4. The normalized spacial score (nSPS) is 11.5. The van der Waals surface area contributed by atoms with Gasteiger partial charge in [0.25, 0.3) is 0 Å². The third-order valence-electron chi connectivity index (χ3n) is 2.45. The SMILES string of the molecule is COC(=O)CC(C)NC(=O)CCOc1ccccc1. The second kappa shape index (κ2) is 8.13. The molecule has 5 heteroatoms. The van der Waals surface area contributed by atoms with E-state index in [2.05, 4.69) is 10.1 Å². The molecule has 0 spiro atoms. The largest absolute Gasteiger partial charge is 0.493 e. The maximum Gasteiger partial charge on any atom is 0.307 e. The minimum Gasteiger partial charge on any atom is -0.493 e. The van der Waals surface area contributed by atoms with E-state index >= 15 is 0 Å². The fourth-order valence-corrected chi connectivity index (χ4v) is 1.51. The fourth-order valence-electron chi connectivity index (χ4n) is 1.51. The minimum atomic E-state index is -0.340. The van der Waals surface area contributed by atoms with Gasteiger partial charge in [0.1, 0.15) is 5.75 Å². The summed E-state index contributed by atoms with van der Waals surface area (Å²) in [5.41, 5.74) is 0. The van der Waals surface area contributed by atoms with Crippen LogP contribution in [0.4, 0.5) is 0 Å². The highest BCUT2D eigenvalue weighted by atomic mass is 16.5. The third-order valence-corrected chi connectivity index (χ3v) is 2.45. The average Bonchev–Trinajstić information content (AvgIpc) is 2.39. The van der Waals surface area contributed by atoms with E-state index in [-0.39, 0.29) is 30.8 Å². The maximum atomic E-state index is 11.6. The molecular formula is C14H19NO4. The van der Waals surface area contributed by atoms with E-state index in [1.165, 1.54) is 7.11 Å². The van der Waals surface area contributed by atoms with Crippen LogP contribution in [-0.4, -0.2) is 31.6 Å². The smallest absolute Gasteiger partial charge is 0.307 e. The lowest BCUT2D eigenvalue weighted by Gasteiger charge is -2.12. The molecule has 1 rings (SSSR count). The van der Waals surface area contributed by atoms with Crippen LogP contribution in [0.1, 0.15) is 19.8 Å².